The Bertz CT molecular complexity index is 655. The summed E-state index contributed by atoms with van der Waals surface area (Å²) in [6.45, 7) is 0. The first-order chi connectivity index (χ1) is 10.7. The number of hydrogen-bond acceptors (Lipinski definition) is 3. The number of anilines is 1. The third-order valence-corrected chi connectivity index (χ3v) is 2.96. The van der Waals surface area contributed by atoms with E-state index in [9.17, 15) is 4.79 Å². The van der Waals surface area contributed by atoms with Gasteiger partial charge in [-0.15, -0.1) is 12.4 Å². The molecule has 0 radical (unpaired) electrons. The van der Waals surface area contributed by atoms with Gasteiger partial charge in [0.2, 0.25) is 0 Å². The van der Waals surface area contributed by atoms with Crippen molar-refractivity contribution in [3.63, 3.8) is 0 Å². The number of rotatable bonds is 7. The molecular formula is C18H19ClN2O2. The molecule has 0 aliphatic heterocycles. The van der Waals surface area contributed by atoms with E-state index in [1.165, 1.54) is 0 Å². The molecule has 2 N–H and O–H groups in total. The normalized spacial score (nSPS) is 11.0. The standard InChI is InChI=1S/C18H18N2O2.ClH/c21-18(22)12-11-15(13-19-16-7-3-1-4-8-16)14-20-17-9-5-2-6-10-17;/h1-10,13-14,19H,11-12H2,(H,21,22);1H/b15-13+,20-14+;. The maximum absolute atomic E-state index is 10.8. The predicted octanol–water partition coefficient (Wildman–Crippen LogP) is 4.67. The van der Waals surface area contributed by atoms with Crippen LogP contribution in [0.1, 0.15) is 12.8 Å². The van der Waals surface area contributed by atoms with Crippen molar-refractivity contribution in [3.8, 4) is 0 Å². The maximum atomic E-state index is 10.8. The molecule has 0 heterocycles. The van der Waals surface area contributed by atoms with Gasteiger partial charge in [-0.3, -0.25) is 9.79 Å². The minimum atomic E-state index is -0.821. The highest BCUT2D eigenvalue weighted by Gasteiger charge is 2.00. The molecule has 0 spiro atoms. The Morgan fingerprint density at radius 3 is 2.22 bits per heavy atom. The molecule has 120 valence electrons. The number of carbonyl (C=O) groups is 1. The van der Waals surface area contributed by atoms with Crippen LogP contribution in [-0.4, -0.2) is 17.3 Å². The molecule has 0 aliphatic rings. The van der Waals surface area contributed by atoms with E-state index >= 15 is 0 Å². The van der Waals surface area contributed by atoms with Crippen molar-refractivity contribution in [2.75, 3.05) is 5.32 Å². The van der Waals surface area contributed by atoms with E-state index in [0.717, 1.165) is 16.9 Å². The molecule has 0 bridgehead atoms. The molecule has 0 aromatic heterocycles. The second-order valence-electron chi connectivity index (χ2n) is 4.72. The summed E-state index contributed by atoms with van der Waals surface area (Å²) in [6, 6.07) is 19.3. The molecular weight excluding hydrogens is 312 g/mol. The number of halogens is 1. The van der Waals surface area contributed by atoms with E-state index in [-0.39, 0.29) is 18.8 Å². The molecule has 2 aromatic carbocycles. The number of allylic oxidation sites excluding steroid dienone is 1. The van der Waals surface area contributed by atoms with Crippen molar-refractivity contribution in [2.24, 2.45) is 4.99 Å². The minimum Gasteiger partial charge on any atom is -0.481 e. The molecule has 0 amide bonds. The number of benzene rings is 2. The Morgan fingerprint density at radius 2 is 1.61 bits per heavy atom. The number of carboxylic acid groups (broad SMARTS) is 1. The fourth-order valence-electron chi connectivity index (χ4n) is 1.81. The number of aliphatic carboxylic acids is 1. The van der Waals surface area contributed by atoms with Crippen LogP contribution in [0, 0.1) is 0 Å². The molecule has 4 nitrogen and oxygen atoms in total. The fourth-order valence-corrected chi connectivity index (χ4v) is 1.81. The Balaban J connectivity index is 0.00000264. The highest BCUT2D eigenvalue weighted by atomic mass is 35.5. The molecule has 0 aliphatic carbocycles. The second-order valence-corrected chi connectivity index (χ2v) is 4.72. The third kappa shape index (κ3) is 7.29. The number of carboxylic acids is 1. The van der Waals surface area contributed by atoms with Crippen LogP contribution >= 0.6 is 12.4 Å². The van der Waals surface area contributed by atoms with Gasteiger partial charge in [-0.05, 0) is 36.3 Å². The van der Waals surface area contributed by atoms with Crippen molar-refractivity contribution < 1.29 is 9.90 Å². The van der Waals surface area contributed by atoms with Gasteiger partial charge in [-0.1, -0.05) is 36.4 Å². The molecule has 2 aromatic rings. The van der Waals surface area contributed by atoms with Gasteiger partial charge >= 0.3 is 5.97 Å². The first-order valence-corrected chi connectivity index (χ1v) is 7.05. The molecule has 0 unspecified atom stereocenters. The zero-order valence-electron chi connectivity index (χ0n) is 12.6. The zero-order chi connectivity index (χ0) is 15.6. The van der Waals surface area contributed by atoms with Gasteiger partial charge in [-0.25, -0.2) is 0 Å². The highest BCUT2D eigenvalue weighted by Crippen LogP contribution is 2.12. The summed E-state index contributed by atoms with van der Waals surface area (Å²) in [7, 11) is 0. The monoisotopic (exact) mass is 330 g/mol. The van der Waals surface area contributed by atoms with Crippen molar-refractivity contribution in [1.82, 2.24) is 0 Å². The van der Waals surface area contributed by atoms with E-state index in [1.807, 2.05) is 60.7 Å². The predicted molar refractivity (Wildman–Crippen MR) is 96.9 cm³/mol. The molecule has 0 saturated heterocycles. The average molecular weight is 331 g/mol. The Labute approximate surface area is 142 Å². The van der Waals surface area contributed by atoms with Crippen molar-refractivity contribution in [2.45, 2.75) is 12.8 Å². The maximum Gasteiger partial charge on any atom is 0.303 e. The van der Waals surface area contributed by atoms with Gasteiger partial charge in [0.15, 0.2) is 0 Å². The lowest BCUT2D eigenvalue weighted by Crippen LogP contribution is -1.99. The van der Waals surface area contributed by atoms with Crippen LogP contribution in [0.2, 0.25) is 0 Å². The first-order valence-electron chi connectivity index (χ1n) is 7.05. The number of nitrogens with one attached hydrogen (secondary N) is 1. The van der Waals surface area contributed by atoms with Crippen LogP contribution in [0.3, 0.4) is 0 Å². The lowest BCUT2D eigenvalue weighted by atomic mass is 10.1. The number of para-hydroxylation sites is 2. The van der Waals surface area contributed by atoms with Crippen LogP contribution < -0.4 is 5.32 Å². The fraction of sp³-hybridized carbons (Fsp3) is 0.111. The van der Waals surface area contributed by atoms with E-state index < -0.39 is 5.97 Å². The summed E-state index contributed by atoms with van der Waals surface area (Å²) in [5.74, 6) is -0.821. The minimum absolute atomic E-state index is 0. The van der Waals surface area contributed by atoms with Crippen LogP contribution in [0.5, 0.6) is 0 Å². The van der Waals surface area contributed by atoms with E-state index in [4.69, 9.17) is 5.11 Å². The number of nitrogens with zero attached hydrogens (tertiary/aromatic N) is 1. The van der Waals surface area contributed by atoms with Gasteiger partial charge in [0, 0.05) is 24.5 Å². The van der Waals surface area contributed by atoms with Gasteiger partial charge in [-0.2, -0.15) is 0 Å². The second kappa shape index (κ2) is 10.2. The first kappa shape index (κ1) is 18.5. The Morgan fingerprint density at radius 1 is 1.00 bits per heavy atom. The van der Waals surface area contributed by atoms with E-state index in [1.54, 1.807) is 12.4 Å². The summed E-state index contributed by atoms with van der Waals surface area (Å²) in [5.41, 5.74) is 2.61. The summed E-state index contributed by atoms with van der Waals surface area (Å²) >= 11 is 0. The molecule has 0 atom stereocenters. The quantitative estimate of drug-likeness (QED) is 0.725. The largest absolute Gasteiger partial charge is 0.481 e. The van der Waals surface area contributed by atoms with Crippen molar-refractivity contribution >= 4 is 36.0 Å². The van der Waals surface area contributed by atoms with Gasteiger partial charge in [0.25, 0.3) is 0 Å². The SMILES string of the molecule is Cl.O=C(O)CCC(/C=N/c1ccccc1)=C\Nc1ccccc1. The summed E-state index contributed by atoms with van der Waals surface area (Å²) in [5, 5.41) is 12.0. The summed E-state index contributed by atoms with van der Waals surface area (Å²) < 4.78 is 0. The van der Waals surface area contributed by atoms with Crippen molar-refractivity contribution in [1.29, 1.82) is 0 Å². The van der Waals surface area contributed by atoms with Gasteiger partial charge < -0.3 is 10.4 Å². The lowest BCUT2D eigenvalue weighted by Gasteiger charge is -2.03. The van der Waals surface area contributed by atoms with Crippen molar-refractivity contribution in [3.05, 3.63) is 72.4 Å². The highest BCUT2D eigenvalue weighted by molar-refractivity contribution is 5.85. The van der Waals surface area contributed by atoms with Gasteiger partial charge in [0.05, 0.1) is 5.69 Å². The molecule has 2 rings (SSSR count). The Hall–Kier alpha value is -2.59. The molecule has 23 heavy (non-hydrogen) atoms. The molecule has 5 heteroatoms. The summed E-state index contributed by atoms with van der Waals surface area (Å²) in [6.07, 6.45) is 3.99. The van der Waals surface area contributed by atoms with Crippen LogP contribution in [-0.2, 0) is 4.79 Å². The van der Waals surface area contributed by atoms with Crippen LogP contribution in [0.15, 0.2) is 77.4 Å². The number of hydrogen-bond donors (Lipinski definition) is 2. The van der Waals surface area contributed by atoms with E-state index in [2.05, 4.69) is 10.3 Å². The smallest absolute Gasteiger partial charge is 0.303 e. The lowest BCUT2D eigenvalue weighted by molar-refractivity contribution is -0.136. The van der Waals surface area contributed by atoms with Crippen LogP contribution in [0.4, 0.5) is 11.4 Å². The molecule has 0 fully saturated rings. The van der Waals surface area contributed by atoms with Crippen LogP contribution in [0.25, 0.3) is 0 Å². The third-order valence-electron chi connectivity index (χ3n) is 2.96. The Kier molecular flexibility index (Phi) is 8.18. The van der Waals surface area contributed by atoms with Gasteiger partial charge in [0.1, 0.15) is 0 Å². The average Bonchev–Trinajstić information content (AvgIpc) is 2.56. The van der Waals surface area contributed by atoms with E-state index in [0.29, 0.717) is 6.42 Å². The number of aliphatic imine (C=N–C) groups is 1. The topological polar surface area (TPSA) is 61.7 Å². The zero-order valence-corrected chi connectivity index (χ0v) is 13.4. The summed E-state index contributed by atoms with van der Waals surface area (Å²) in [4.78, 5) is 15.1. The molecule has 0 saturated carbocycles.